The van der Waals surface area contributed by atoms with Crippen LogP contribution in [0.25, 0.3) is 0 Å². The van der Waals surface area contributed by atoms with Gasteiger partial charge in [0, 0.05) is 12.1 Å². The van der Waals surface area contributed by atoms with Crippen LogP contribution in [0.15, 0.2) is 18.2 Å². The van der Waals surface area contributed by atoms with Crippen molar-refractivity contribution in [3.63, 3.8) is 0 Å². The Hall–Kier alpha value is -5.31. The Labute approximate surface area is 380 Å². The second kappa shape index (κ2) is 23.9. The van der Waals surface area contributed by atoms with Crippen molar-refractivity contribution in [1.29, 1.82) is 0 Å². The number of aliphatic hydroxyl groups is 3. The summed E-state index contributed by atoms with van der Waals surface area (Å²) in [5.74, 6) is -8.43. The maximum absolute atomic E-state index is 13.5. The summed E-state index contributed by atoms with van der Waals surface area (Å²) in [7, 11) is -4.38. The van der Waals surface area contributed by atoms with Gasteiger partial charge in [0.2, 0.25) is 29.5 Å². The molecule has 25 heteroatoms. The number of anilines is 1. The lowest BCUT2D eigenvalue weighted by molar-refractivity contribution is -0.228. The van der Waals surface area contributed by atoms with Gasteiger partial charge in [0.15, 0.2) is 6.10 Å². The molecule has 1 aromatic carbocycles. The first kappa shape index (κ1) is 55.0. The zero-order valence-electron chi connectivity index (χ0n) is 37.4. The summed E-state index contributed by atoms with van der Waals surface area (Å²) in [5.41, 5.74) is 0.315. The molecule has 66 heavy (non-hydrogen) atoms. The average Bonchev–Trinajstić information content (AvgIpc) is 3.49. The Balaban J connectivity index is 1.72. The fourth-order valence-electron chi connectivity index (χ4n) is 6.89. The largest absolute Gasteiger partial charge is 0.481 e. The van der Waals surface area contributed by atoms with E-state index in [0.717, 1.165) is 4.90 Å². The molecular formula is C41H61N5O19S. The molecule has 2 heterocycles. The Bertz CT molecular complexity index is 2060. The summed E-state index contributed by atoms with van der Waals surface area (Å²) in [5, 5.41) is 59.5. The van der Waals surface area contributed by atoms with Crippen LogP contribution in [0, 0.1) is 11.3 Å². The highest BCUT2D eigenvalue weighted by molar-refractivity contribution is 7.85. The van der Waals surface area contributed by atoms with Crippen LogP contribution in [0.3, 0.4) is 0 Å². The van der Waals surface area contributed by atoms with Gasteiger partial charge in [-0.2, -0.15) is 8.42 Å². The summed E-state index contributed by atoms with van der Waals surface area (Å²) in [6, 6.07) is 0.0356. The van der Waals surface area contributed by atoms with Gasteiger partial charge >= 0.3 is 17.9 Å². The van der Waals surface area contributed by atoms with Crippen molar-refractivity contribution in [3.05, 3.63) is 29.3 Å². The number of likely N-dealkylation sites (tertiary alicyclic amines) is 1. The Kier molecular flexibility index (Phi) is 20.0. The Morgan fingerprint density at radius 1 is 0.909 bits per heavy atom. The lowest BCUT2D eigenvalue weighted by Gasteiger charge is -2.39. The van der Waals surface area contributed by atoms with Gasteiger partial charge in [0.05, 0.1) is 49.5 Å². The molecule has 10 N–H and O–H groups in total. The maximum Gasteiger partial charge on any atom is 0.335 e. The summed E-state index contributed by atoms with van der Waals surface area (Å²) in [6.45, 7) is 7.93. The molecule has 2 aliphatic rings. The lowest BCUT2D eigenvalue weighted by atomic mass is 9.91. The van der Waals surface area contributed by atoms with Crippen LogP contribution < -0.4 is 21.3 Å². The van der Waals surface area contributed by atoms with Crippen LogP contribution in [0.1, 0.15) is 78.4 Å². The molecule has 5 amide bonds. The fraction of sp³-hybridized carbons (Fsp3) is 0.659. The van der Waals surface area contributed by atoms with E-state index >= 15 is 0 Å². The minimum Gasteiger partial charge on any atom is -0.481 e. The van der Waals surface area contributed by atoms with Gasteiger partial charge in [-0.1, -0.05) is 19.9 Å². The monoisotopic (exact) mass is 959 g/mol. The van der Waals surface area contributed by atoms with E-state index in [2.05, 4.69) is 21.3 Å². The molecule has 0 unspecified atom stereocenters. The number of aryl methyl sites for hydroxylation is 1. The van der Waals surface area contributed by atoms with E-state index in [1.807, 2.05) is 0 Å². The normalized spacial score (nSPS) is 23.1. The number of carboxylic acid groups (broad SMARTS) is 2. The number of carboxylic acids is 2. The molecule has 0 saturated carbocycles. The third-order valence-corrected chi connectivity index (χ3v) is 11.3. The third-order valence-electron chi connectivity index (χ3n) is 10.7. The first-order chi connectivity index (χ1) is 30.6. The molecular weight excluding hydrogens is 899 g/mol. The summed E-state index contributed by atoms with van der Waals surface area (Å²) in [6.07, 6.45) is -9.50. The molecule has 0 radical (unpaired) electrons. The van der Waals surface area contributed by atoms with Crippen molar-refractivity contribution in [2.75, 3.05) is 30.8 Å². The van der Waals surface area contributed by atoms with Crippen LogP contribution in [0.4, 0.5) is 5.69 Å². The second-order valence-corrected chi connectivity index (χ2v) is 19.1. The molecule has 0 aromatic heterocycles. The zero-order chi connectivity index (χ0) is 49.8. The van der Waals surface area contributed by atoms with Crippen molar-refractivity contribution in [2.24, 2.45) is 11.3 Å². The van der Waals surface area contributed by atoms with Crippen LogP contribution in [0.2, 0.25) is 0 Å². The number of aliphatic carboxylic acids is 2. The minimum atomic E-state index is -4.38. The van der Waals surface area contributed by atoms with Gasteiger partial charge in [-0.3, -0.25) is 38.1 Å². The van der Waals surface area contributed by atoms with Gasteiger partial charge in [0.1, 0.15) is 43.0 Å². The molecule has 0 bridgehead atoms. The Morgan fingerprint density at radius 3 is 2.17 bits per heavy atom. The predicted octanol–water partition coefficient (Wildman–Crippen LogP) is -1.92. The topological polar surface area (TPSA) is 371 Å². The van der Waals surface area contributed by atoms with Crippen molar-refractivity contribution in [3.8, 4) is 0 Å². The fourth-order valence-corrected chi connectivity index (χ4v) is 7.22. The number of benzene rings is 1. The van der Waals surface area contributed by atoms with E-state index in [4.69, 9.17) is 23.9 Å². The standard InChI is InChI=1S/C41H61N5O19S/c1-20(2)31(45-29(48)17-46-25(19-63-13-14-66(60,61)62)16-26(38(46)56)44-28(47)11-12-30(49)50)37(55)42-21(3)36(54)43-24-9-7-23(18-64-40(59)41(4,5)6)22(15-24)8-10-27-32(51)33(52)34(53)35(65-27)39(57)58/h7,9,15,20-21,25-27,31-35,51-53H,8,10-14,16-19H2,1-6H3,(H,42,55)(H,43,54)(H,44,47)(H,45,48)(H,49,50)(H,57,58)(H,60,61,62)/t21-,25-,26-,27-,31-,32-,33+,34-,35-/m0/s1. The number of nitrogens with zero attached hydrogens (tertiary/aromatic N) is 1. The second-order valence-electron chi connectivity index (χ2n) is 17.5. The Morgan fingerprint density at radius 2 is 1.58 bits per heavy atom. The number of ether oxygens (including phenoxy) is 3. The van der Waals surface area contributed by atoms with E-state index in [-0.39, 0.29) is 38.2 Å². The summed E-state index contributed by atoms with van der Waals surface area (Å²) < 4.78 is 47.5. The number of carbonyl (C=O) groups excluding carboxylic acids is 6. The predicted molar refractivity (Wildman–Crippen MR) is 227 cm³/mol. The smallest absolute Gasteiger partial charge is 0.335 e. The van der Waals surface area contributed by atoms with Crippen molar-refractivity contribution < 1.29 is 91.1 Å². The number of esters is 1. The number of rotatable bonds is 23. The summed E-state index contributed by atoms with van der Waals surface area (Å²) >= 11 is 0. The molecule has 0 aliphatic carbocycles. The van der Waals surface area contributed by atoms with Crippen LogP contribution in [-0.2, 0) is 75.7 Å². The number of amides is 5. The highest BCUT2D eigenvalue weighted by atomic mass is 32.2. The first-order valence-corrected chi connectivity index (χ1v) is 22.7. The zero-order valence-corrected chi connectivity index (χ0v) is 38.2. The molecule has 3 rings (SSSR count). The molecule has 9 atom stereocenters. The van der Waals surface area contributed by atoms with Crippen LogP contribution in [0.5, 0.6) is 0 Å². The first-order valence-electron chi connectivity index (χ1n) is 21.1. The highest BCUT2D eigenvalue weighted by Gasteiger charge is 2.47. The number of aliphatic hydroxyl groups excluding tert-OH is 3. The molecule has 2 aliphatic heterocycles. The lowest BCUT2D eigenvalue weighted by Crippen LogP contribution is -2.59. The van der Waals surface area contributed by atoms with Crippen LogP contribution in [-0.4, -0.2) is 171 Å². The minimum absolute atomic E-state index is 0.0397. The molecule has 2 saturated heterocycles. The van der Waals surface area contributed by atoms with E-state index in [0.29, 0.717) is 11.1 Å². The summed E-state index contributed by atoms with van der Waals surface area (Å²) in [4.78, 5) is 102. The SMILES string of the molecule is CC(C)[C@H](NC(=O)CN1C(=O)[C@@H](NC(=O)CCC(=O)O)C[C@H]1COCCS(=O)(=O)O)C(=O)N[C@@H](C)C(=O)Nc1ccc(COC(=O)C(C)(C)C)c(CC[C@@H]2O[C@H](C(=O)O)[C@@H](O)[C@H](O)[C@H]2O)c1. The average molecular weight is 960 g/mol. The van der Waals surface area contributed by atoms with Gasteiger partial charge in [-0.25, -0.2) is 4.79 Å². The number of nitrogens with one attached hydrogen (secondary N) is 4. The van der Waals surface area contributed by atoms with Gasteiger partial charge in [0.25, 0.3) is 10.1 Å². The van der Waals surface area contributed by atoms with E-state index in [9.17, 15) is 67.2 Å². The maximum atomic E-state index is 13.5. The number of hydrogen-bond donors (Lipinski definition) is 10. The van der Waals surface area contributed by atoms with Crippen molar-refractivity contribution in [1.82, 2.24) is 20.9 Å². The van der Waals surface area contributed by atoms with E-state index < -0.39 is 155 Å². The number of carbonyl (C=O) groups is 8. The van der Waals surface area contributed by atoms with Crippen molar-refractivity contribution in [2.45, 2.75) is 135 Å². The quantitative estimate of drug-likeness (QED) is 0.0325. The van der Waals surface area contributed by atoms with Gasteiger partial charge in [-0.05, 0) is 76.1 Å². The molecule has 1 aromatic rings. The molecule has 24 nitrogen and oxygen atoms in total. The van der Waals surface area contributed by atoms with E-state index in [1.165, 1.54) is 19.1 Å². The van der Waals surface area contributed by atoms with Gasteiger partial charge in [-0.15, -0.1) is 0 Å². The molecule has 0 spiro atoms. The highest BCUT2D eigenvalue weighted by Crippen LogP contribution is 2.28. The van der Waals surface area contributed by atoms with Crippen LogP contribution >= 0.6 is 0 Å². The molecule has 370 valence electrons. The van der Waals surface area contributed by atoms with E-state index in [1.54, 1.807) is 40.7 Å². The van der Waals surface area contributed by atoms with Gasteiger partial charge < -0.3 is 65.9 Å². The number of hydrogen-bond acceptors (Lipinski definition) is 16. The third kappa shape index (κ3) is 16.5. The molecule has 2 fully saturated rings. The van der Waals surface area contributed by atoms with Crippen molar-refractivity contribution >= 4 is 63.2 Å².